The third kappa shape index (κ3) is 3.13. The van der Waals surface area contributed by atoms with Crippen LogP contribution in [0.2, 0.25) is 25.2 Å². The van der Waals surface area contributed by atoms with E-state index in [0.717, 1.165) is 37.3 Å². The monoisotopic (exact) mass is 477 g/mol. The topological polar surface area (TPSA) is 38.8 Å². The minimum Gasteiger partial charge on any atom is -0.454 e. The number of nitrogens with zero attached hydrogens (tertiary/aromatic N) is 1. The molecule has 2 aromatic carbocycles. The molecule has 4 aliphatic rings. The van der Waals surface area contributed by atoms with Crippen molar-refractivity contribution in [3.63, 3.8) is 0 Å². The smallest absolute Gasteiger partial charge is 0.231 e. The second-order valence-corrected chi connectivity index (χ2v) is 17.6. The number of amides is 1. The molecule has 1 spiro atoms. The van der Waals surface area contributed by atoms with E-state index >= 15 is 0 Å². The summed E-state index contributed by atoms with van der Waals surface area (Å²) in [5, 5.41) is 0.155. The van der Waals surface area contributed by atoms with Crippen LogP contribution in [-0.4, -0.2) is 32.2 Å². The minimum absolute atomic E-state index is 0.143. The highest BCUT2D eigenvalue weighted by molar-refractivity contribution is 7.99. The van der Waals surface area contributed by atoms with E-state index < -0.39 is 8.07 Å². The van der Waals surface area contributed by atoms with Gasteiger partial charge < -0.3 is 14.4 Å². The molecule has 6 rings (SSSR count). The standard InChI is InChI=1S/C27H31NO3SSi/c1-17-10-11-20-25(33(2,3)4)26(29)28-15-24(32-18-8-6-5-7-9-18)19-12-22-23(31-16-30-22)13-21(19)27(20,28)14-17/h5-9,12-13,20,24-25H,1,10-11,14-16H2,2-4H3/t20-,24?,25?,27-/m0/s1. The average molecular weight is 478 g/mol. The number of fused-ring (bicyclic) bond motifs is 2. The first kappa shape index (κ1) is 21.4. The number of carbonyl (C=O) groups is 1. The Hall–Kier alpha value is -2.18. The van der Waals surface area contributed by atoms with Crippen molar-refractivity contribution in [3.8, 4) is 11.5 Å². The summed E-state index contributed by atoms with van der Waals surface area (Å²) in [6.45, 7) is 12.5. The van der Waals surface area contributed by atoms with Gasteiger partial charge in [-0.2, -0.15) is 0 Å². The Kier molecular flexibility index (Phi) is 4.79. The fourth-order valence-corrected chi connectivity index (χ4v) is 10.5. The highest BCUT2D eigenvalue weighted by atomic mass is 32.2. The molecule has 33 heavy (non-hydrogen) atoms. The van der Waals surface area contributed by atoms with Gasteiger partial charge in [0.2, 0.25) is 12.7 Å². The Bertz CT molecular complexity index is 1140. The van der Waals surface area contributed by atoms with Gasteiger partial charge in [0.15, 0.2) is 11.5 Å². The SMILES string of the molecule is C=C1CC[C@H]2C([Si](C)(C)C)C(=O)N3CC(Sc4ccccc4)c4cc5c(cc4[C@]23C1)OCO5. The minimum atomic E-state index is -1.73. The first-order chi connectivity index (χ1) is 15.8. The number of ether oxygens (including phenoxy) is 2. The van der Waals surface area contributed by atoms with E-state index in [1.54, 1.807) is 0 Å². The first-order valence-corrected chi connectivity index (χ1v) is 16.4. The van der Waals surface area contributed by atoms with E-state index in [2.05, 4.69) is 67.5 Å². The summed E-state index contributed by atoms with van der Waals surface area (Å²) in [5.74, 6) is 2.35. The summed E-state index contributed by atoms with van der Waals surface area (Å²) >= 11 is 1.85. The van der Waals surface area contributed by atoms with E-state index in [1.165, 1.54) is 21.6 Å². The Labute approximate surface area is 201 Å². The zero-order chi connectivity index (χ0) is 23.0. The molecule has 2 aromatic rings. The van der Waals surface area contributed by atoms with E-state index in [-0.39, 0.29) is 23.1 Å². The molecule has 4 atom stereocenters. The Morgan fingerprint density at radius 2 is 1.85 bits per heavy atom. The highest BCUT2D eigenvalue weighted by Crippen LogP contribution is 2.65. The van der Waals surface area contributed by atoms with E-state index in [4.69, 9.17) is 9.47 Å². The van der Waals surface area contributed by atoms with Crippen LogP contribution in [0.3, 0.4) is 0 Å². The normalized spacial score (nSPS) is 30.2. The van der Waals surface area contributed by atoms with Crippen LogP contribution in [0.25, 0.3) is 0 Å². The zero-order valence-corrected chi connectivity index (χ0v) is 21.4. The van der Waals surface area contributed by atoms with Crippen LogP contribution in [0.4, 0.5) is 0 Å². The van der Waals surface area contributed by atoms with E-state index in [1.807, 2.05) is 17.8 Å². The fraction of sp³-hybridized carbons (Fsp3) is 0.444. The van der Waals surface area contributed by atoms with Gasteiger partial charge in [-0.1, -0.05) is 50.0 Å². The van der Waals surface area contributed by atoms with Gasteiger partial charge in [-0.05, 0) is 60.6 Å². The molecule has 172 valence electrons. The van der Waals surface area contributed by atoms with Gasteiger partial charge in [0.05, 0.1) is 18.9 Å². The van der Waals surface area contributed by atoms with Gasteiger partial charge in [0, 0.05) is 17.0 Å². The quantitative estimate of drug-likeness (QED) is 0.381. The molecule has 1 saturated heterocycles. The molecule has 0 bridgehead atoms. The molecule has 1 amide bonds. The molecule has 0 aromatic heterocycles. The number of hydrogen-bond acceptors (Lipinski definition) is 4. The Morgan fingerprint density at radius 3 is 2.58 bits per heavy atom. The Balaban J connectivity index is 1.56. The van der Waals surface area contributed by atoms with Crippen LogP contribution in [-0.2, 0) is 10.3 Å². The van der Waals surface area contributed by atoms with Gasteiger partial charge in [-0.25, -0.2) is 0 Å². The lowest BCUT2D eigenvalue weighted by molar-refractivity contribution is -0.132. The van der Waals surface area contributed by atoms with Crippen molar-refractivity contribution >= 4 is 25.7 Å². The molecular weight excluding hydrogens is 446 g/mol. The van der Waals surface area contributed by atoms with Crippen molar-refractivity contribution in [3.05, 3.63) is 65.7 Å². The second-order valence-electron chi connectivity index (χ2n) is 11.0. The number of thioether (sulfide) groups is 1. The number of carbonyl (C=O) groups excluding carboxylic acids is 1. The summed E-state index contributed by atoms with van der Waals surface area (Å²) in [4.78, 5) is 17.7. The lowest BCUT2D eigenvalue weighted by Crippen LogP contribution is -2.53. The molecule has 1 saturated carbocycles. The van der Waals surface area contributed by atoms with Crippen LogP contribution >= 0.6 is 11.8 Å². The summed E-state index contributed by atoms with van der Waals surface area (Å²) in [7, 11) is -1.73. The zero-order valence-electron chi connectivity index (χ0n) is 19.6. The molecule has 3 aliphatic heterocycles. The maximum Gasteiger partial charge on any atom is 0.231 e. The molecule has 3 heterocycles. The number of rotatable bonds is 3. The van der Waals surface area contributed by atoms with Crippen molar-refractivity contribution in [1.82, 2.24) is 4.90 Å². The van der Waals surface area contributed by atoms with Crippen LogP contribution in [0.15, 0.2) is 59.5 Å². The molecule has 6 heteroatoms. The fourth-order valence-electron chi connectivity index (χ4n) is 6.77. The van der Waals surface area contributed by atoms with Gasteiger partial charge >= 0.3 is 0 Å². The molecule has 1 aliphatic carbocycles. The first-order valence-electron chi connectivity index (χ1n) is 11.9. The van der Waals surface area contributed by atoms with Crippen LogP contribution in [0, 0.1) is 5.92 Å². The molecule has 4 nitrogen and oxygen atoms in total. The van der Waals surface area contributed by atoms with Crippen molar-refractivity contribution in [2.75, 3.05) is 13.3 Å². The van der Waals surface area contributed by atoms with E-state index in [0.29, 0.717) is 11.8 Å². The molecule has 2 unspecified atom stereocenters. The predicted octanol–water partition coefficient (Wildman–Crippen LogP) is 6.36. The predicted molar refractivity (Wildman–Crippen MR) is 135 cm³/mol. The highest BCUT2D eigenvalue weighted by Gasteiger charge is 2.65. The maximum absolute atomic E-state index is 14.2. The van der Waals surface area contributed by atoms with Crippen LogP contribution in [0.5, 0.6) is 11.5 Å². The van der Waals surface area contributed by atoms with Crippen LogP contribution < -0.4 is 9.47 Å². The average Bonchev–Trinajstić information content (AvgIpc) is 3.33. The molecule has 0 N–H and O–H groups in total. The second kappa shape index (κ2) is 7.41. The van der Waals surface area contributed by atoms with Crippen molar-refractivity contribution < 1.29 is 14.3 Å². The van der Waals surface area contributed by atoms with Gasteiger partial charge in [-0.15, -0.1) is 11.8 Å². The molecular formula is C27H31NO3SSi. The van der Waals surface area contributed by atoms with Crippen molar-refractivity contribution in [2.45, 2.75) is 60.1 Å². The summed E-state index contributed by atoms with van der Waals surface area (Å²) < 4.78 is 11.6. The van der Waals surface area contributed by atoms with Gasteiger partial charge in [-0.3, -0.25) is 4.79 Å². The maximum atomic E-state index is 14.2. The van der Waals surface area contributed by atoms with Gasteiger partial charge in [0.25, 0.3) is 0 Å². The number of benzene rings is 2. The third-order valence-corrected chi connectivity index (χ3v) is 11.8. The van der Waals surface area contributed by atoms with Crippen LogP contribution in [0.1, 0.15) is 35.6 Å². The molecule has 0 radical (unpaired) electrons. The largest absolute Gasteiger partial charge is 0.454 e. The third-order valence-electron chi connectivity index (χ3n) is 8.02. The molecule has 2 fully saturated rings. The van der Waals surface area contributed by atoms with Gasteiger partial charge in [0.1, 0.15) is 0 Å². The lowest BCUT2D eigenvalue weighted by Gasteiger charge is -2.52. The van der Waals surface area contributed by atoms with E-state index in [9.17, 15) is 4.79 Å². The summed E-state index contributed by atoms with van der Waals surface area (Å²) in [6, 6.07) is 14.9. The summed E-state index contributed by atoms with van der Waals surface area (Å²) in [6.07, 6.45) is 2.93. The Morgan fingerprint density at radius 1 is 1.12 bits per heavy atom. The number of hydrogen-bond donors (Lipinski definition) is 0. The lowest BCUT2D eigenvalue weighted by atomic mass is 9.65. The van der Waals surface area contributed by atoms with Crippen molar-refractivity contribution in [1.29, 1.82) is 0 Å². The summed E-state index contributed by atoms with van der Waals surface area (Å²) in [5.41, 5.74) is 3.67. The van der Waals surface area contributed by atoms with Crippen molar-refractivity contribution in [2.24, 2.45) is 5.92 Å².